The maximum atomic E-state index is 13.9. The van der Waals surface area contributed by atoms with Gasteiger partial charge in [0, 0.05) is 6.54 Å². The summed E-state index contributed by atoms with van der Waals surface area (Å²) in [5.41, 5.74) is 0.763. The van der Waals surface area contributed by atoms with Gasteiger partial charge in [-0.05, 0) is 30.2 Å². The van der Waals surface area contributed by atoms with Gasteiger partial charge in [-0.25, -0.2) is 12.8 Å². The van der Waals surface area contributed by atoms with Crippen molar-refractivity contribution in [3.05, 3.63) is 59.9 Å². The zero-order valence-electron chi connectivity index (χ0n) is 14.6. The third-order valence-electron chi connectivity index (χ3n) is 3.72. The number of benzene rings is 2. The molecule has 0 aliphatic heterocycles. The lowest BCUT2D eigenvalue weighted by Gasteiger charge is -2.22. The lowest BCUT2D eigenvalue weighted by atomic mass is 10.1. The minimum atomic E-state index is -3.81. The lowest BCUT2D eigenvalue weighted by Crippen LogP contribution is -2.41. The van der Waals surface area contributed by atoms with Crippen LogP contribution in [0, 0.1) is 5.82 Å². The first-order valence-electron chi connectivity index (χ1n) is 7.93. The van der Waals surface area contributed by atoms with Crippen LogP contribution in [-0.4, -0.2) is 40.8 Å². The van der Waals surface area contributed by atoms with Crippen molar-refractivity contribution in [3.63, 3.8) is 0 Å². The highest BCUT2D eigenvalue weighted by Gasteiger charge is 2.23. The third-order valence-corrected chi connectivity index (χ3v) is 4.84. The Morgan fingerprint density at radius 2 is 1.81 bits per heavy atom. The molecule has 8 heteroatoms. The predicted octanol–water partition coefficient (Wildman–Crippen LogP) is 1.96. The summed E-state index contributed by atoms with van der Waals surface area (Å²) in [4.78, 5) is 12.2. The van der Waals surface area contributed by atoms with Gasteiger partial charge in [0.05, 0.1) is 19.1 Å². The average molecular weight is 380 g/mol. The first-order valence-corrected chi connectivity index (χ1v) is 9.78. The van der Waals surface area contributed by atoms with Crippen LogP contribution in [0.4, 0.5) is 10.1 Å². The van der Waals surface area contributed by atoms with Gasteiger partial charge in [-0.15, -0.1) is 0 Å². The third kappa shape index (κ3) is 5.19. The number of amides is 1. The van der Waals surface area contributed by atoms with Crippen molar-refractivity contribution >= 4 is 21.6 Å². The van der Waals surface area contributed by atoms with Gasteiger partial charge in [0.2, 0.25) is 15.9 Å². The van der Waals surface area contributed by atoms with E-state index in [0.717, 1.165) is 22.2 Å². The first-order chi connectivity index (χ1) is 12.3. The van der Waals surface area contributed by atoms with Crippen molar-refractivity contribution in [2.45, 2.75) is 6.42 Å². The van der Waals surface area contributed by atoms with Crippen molar-refractivity contribution in [1.29, 1.82) is 0 Å². The molecule has 0 bridgehead atoms. The molecule has 2 aromatic carbocycles. The molecule has 6 nitrogen and oxygen atoms in total. The second-order valence-corrected chi connectivity index (χ2v) is 7.54. The summed E-state index contributed by atoms with van der Waals surface area (Å²) in [6.07, 6.45) is 1.45. The summed E-state index contributed by atoms with van der Waals surface area (Å²) in [5, 5.41) is 2.65. The minimum Gasteiger partial charge on any atom is -0.496 e. The molecule has 0 unspecified atom stereocenters. The van der Waals surface area contributed by atoms with E-state index in [1.807, 2.05) is 24.3 Å². The number of carbonyl (C=O) groups excluding carboxylic acids is 1. The van der Waals surface area contributed by atoms with Crippen molar-refractivity contribution in [3.8, 4) is 5.75 Å². The van der Waals surface area contributed by atoms with Gasteiger partial charge >= 0.3 is 0 Å². The smallest absolute Gasteiger partial charge is 0.240 e. The number of hydrogen-bond donors (Lipinski definition) is 1. The fraction of sp³-hybridized carbons (Fsp3) is 0.278. The molecule has 0 fully saturated rings. The number of sulfonamides is 1. The van der Waals surface area contributed by atoms with Crippen LogP contribution in [0.2, 0.25) is 0 Å². The summed E-state index contributed by atoms with van der Waals surface area (Å²) in [5.74, 6) is -0.515. The second-order valence-electron chi connectivity index (χ2n) is 5.63. The van der Waals surface area contributed by atoms with Crippen LogP contribution in [0.15, 0.2) is 48.5 Å². The highest BCUT2D eigenvalue weighted by molar-refractivity contribution is 7.92. The molecule has 26 heavy (non-hydrogen) atoms. The fourth-order valence-electron chi connectivity index (χ4n) is 2.47. The van der Waals surface area contributed by atoms with Crippen LogP contribution in [-0.2, 0) is 21.2 Å². The van der Waals surface area contributed by atoms with Crippen molar-refractivity contribution in [2.24, 2.45) is 0 Å². The number of nitrogens with one attached hydrogen (secondary N) is 1. The Labute approximate surface area is 152 Å². The van der Waals surface area contributed by atoms with E-state index in [4.69, 9.17) is 4.74 Å². The number of rotatable bonds is 8. The standard InChI is InChI=1S/C18H21FN2O4S/c1-25-17-10-6-3-7-14(17)11-12-20-18(22)13-21(26(2,23)24)16-9-5-4-8-15(16)19/h3-10H,11-13H2,1-2H3,(H,20,22). The van der Waals surface area contributed by atoms with Gasteiger partial charge in [0.25, 0.3) is 0 Å². The molecule has 0 spiro atoms. The average Bonchev–Trinajstić information content (AvgIpc) is 2.60. The van der Waals surface area contributed by atoms with E-state index in [9.17, 15) is 17.6 Å². The molecule has 0 aromatic heterocycles. The highest BCUT2D eigenvalue weighted by atomic mass is 32.2. The van der Waals surface area contributed by atoms with Gasteiger partial charge in [0.15, 0.2) is 0 Å². The Morgan fingerprint density at radius 1 is 1.15 bits per heavy atom. The second kappa shape index (κ2) is 8.66. The number of anilines is 1. The molecule has 0 radical (unpaired) electrons. The largest absolute Gasteiger partial charge is 0.496 e. The topological polar surface area (TPSA) is 75.7 Å². The monoisotopic (exact) mass is 380 g/mol. The normalized spacial score (nSPS) is 11.0. The molecule has 1 N–H and O–H groups in total. The number of methoxy groups -OCH3 is 1. The Bertz CT molecular complexity index is 871. The van der Waals surface area contributed by atoms with E-state index in [0.29, 0.717) is 18.7 Å². The number of hydrogen-bond acceptors (Lipinski definition) is 4. The van der Waals surface area contributed by atoms with E-state index in [1.54, 1.807) is 7.11 Å². The number of halogens is 1. The van der Waals surface area contributed by atoms with Crippen LogP contribution < -0.4 is 14.4 Å². The molecule has 0 heterocycles. The zero-order valence-corrected chi connectivity index (χ0v) is 15.4. The van der Waals surface area contributed by atoms with Crippen molar-refractivity contribution in [1.82, 2.24) is 5.32 Å². The lowest BCUT2D eigenvalue weighted by molar-refractivity contribution is -0.119. The molecule has 140 valence electrons. The molecule has 0 saturated heterocycles. The molecular formula is C18H21FN2O4S. The quantitative estimate of drug-likeness (QED) is 0.760. The Balaban J connectivity index is 2.01. The fourth-order valence-corrected chi connectivity index (χ4v) is 3.32. The van der Waals surface area contributed by atoms with Crippen molar-refractivity contribution in [2.75, 3.05) is 30.8 Å². The Morgan fingerprint density at radius 3 is 2.46 bits per heavy atom. The molecule has 2 rings (SSSR count). The van der Waals surface area contributed by atoms with Crippen molar-refractivity contribution < 1.29 is 22.3 Å². The zero-order chi connectivity index (χ0) is 19.2. The van der Waals surface area contributed by atoms with Gasteiger partial charge in [-0.1, -0.05) is 30.3 Å². The molecule has 0 atom stereocenters. The summed E-state index contributed by atoms with van der Waals surface area (Å²) < 4.78 is 43.8. The highest BCUT2D eigenvalue weighted by Crippen LogP contribution is 2.21. The Kier molecular flexibility index (Phi) is 6.57. The van der Waals surface area contributed by atoms with E-state index in [2.05, 4.69) is 5.32 Å². The summed E-state index contributed by atoms with van der Waals surface area (Å²) in [6, 6.07) is 12.8. The van der Waals surface area contributed by atoms with Crippen LogP contribution >= 0.6 is 0 Å². The SMILES string of the molecule is COc1ccccc1CCNC(=O)CN(c1ccccc1F)S(C)(=O)=O. The number of para-hydroxylation sites is 2. The van der Waals surface area contributed by atoms with Crippen LogP contribution in [0.25, 0.3) is 0 Å². The minimum absolute atomic E-state index is 0.158. The van der Waals surface area contributed by atoms with Gasteiger partial charge in [-0.2, -0.15) is 0 Å². The van der Waals surface area contributed by atoms with E-state index in [1.165, 1.54) is 18.2 Å². The van der Waals surface area contributed by atoms with Crippen LogP contribution in [0.1, 0.15) is 5.56 Å². The first kappa shape index (κ1) is 19.7. The molecule has 0 saturated carbocycles. The molecule has 2 aromatic rings. The molecule has 0 aliphatic rings. The summed E-state index contributed by atoms with van der Waals surface area (Å²) in [6.45, 7) is -0.195. The van der Waals surface area contributed by atoms with E-state index in [-0.39, 0.29) is 5.69 Å². The Hall–Kier alpha value is -2.61. The number of carbonyl (C=O) groups is 1. The van der Waals surface area contributed by atoms with Crippen LogP contribution in [0.5, 0.6) is 5.75 Å². The molecule has 1 amide bonds. The molecule has 0 aliphatic carbocycles. The maximum Gasteiger partial charge on any atom is 0.240 e. The predicted molar refractivity (Wildman–Crippen MR) is 98.3 cm³/mol. The summed E-state index contributed by atoms with van der Waals surface area (Å²) >= 11 is 0. The summed E-state index contributed by atoms with van der Waals surface area (Å²) in [7, 11) is -2.25. The van der Waals surface area contributed by atoms with E-state index >= 15 is 0 Å². The van der Waals surface area contributed by atoms with Gasteiger partial charge in [0.1, 0.15) is 18.1 Å². The number of ether oxygens (including phenoxy) is 1. The number of nitrogens with zero attached hydrogens (tertiary/aromatic N) is 1. The van der Waals surface area contributed by atoms with Crippen LogP contribution in [0.3, 0.4) is 0 Å². The van der Waals surface area contributed by atoms with Gasteiger partial charge < -0.3 is 10.1 Å². The van der Waals surface area contributed by atoms with Gasteiger partial charge in [-0.3, -0.25) is 9.10 Å². The molecular weight excluding hydrogens is 359 g/mol. The maximum absolute atomic E-state index is 13.9. The van der Waals surface area contributed by atoms with E-state index < -0.39 is 28.3 Å².